The van der Waals surface area contributed by atoms with Crippen molar-refractivity contribution in [2.24, 2.45) is 0 Å². The van der Waals surface area contributed by atoms with Gasteiger partial charge in [-0.2, -0.15) is 0 Å². The van der Waals surface area contributed by atoms with Crippen LogP contribution in [0.5, 0.6) is 0 Å². The number of carbonyl (C=O) groups excluding carboxylic acids is 1. The molecule has 1 aliphatic rings. The molecule has 4 nitrogen and oxygen atoms in total. The molecule has 128 valence electrons. The first-order valence-corrected chi connectivity index (χ1v) is 9.64. The minimum absolute atomic E-state index is 0.0506. The number of aromatic nitrogens is 2. The SMILES string of the molecule is O=C(CCc1cccs1)Nc1cccc(-c2cn3c(n2)CCCC3)c1. The Balaban J connectivity index is 1.44. The van der Waals surface area contributed by atoms with Crippen molar-refractivity contribution in [3.05, 3.63) is 58.7 Å². The maximum atomic E-state index is 12.2. The quantitative estimate of drug-likeness (QED) is 0.735. The van der Waals surface area contributed by atoms with Gasteiger partial charge in [-0.1, -0.05) is 18.2 Å². The van der Waals surface area contributed by atoms with Gasteiger partial charge in [-0.3, -0.25) is 4.79 Å². The van der Waals surface area contributed by atoms with Crippen LogP contribution in [0, 0.1) is 0 Å². The van der Waals surface area contributed by atoms with E-state index < -0.39 is 0 Å². The van der Waals surface area contributed by atoms with Gasteiger partial charge in [0.15, 0.2) is 0 Å². The van der Waals surface area contributed by atoms with Gasteiger partial charge in [0.2, 0.25) is 5.91 Å². The topological polar surface area (TPSA) is 46.9 Å². The molecule has 1 amide bonds. The Labute approximate surface area is 151 Å². The number of benzene rings is 1. The fourth-order valence-corrected chi connectivity index (χ4v) is 3.93. The summed E-state index contributed by atoms with van der Waals surface area (Å²) in [6.07, 6.45) is 6.92. The standard InChI is InChI=1S/C20H21N3OS/c24-20(10-9-17-7-4-12-25-17)21-16-6-3-5-15(13-16)18-14-23-11-2-1-8-19(23)22-18/h3-7,12-14H,1-2,8-11H2,(H,21,24). The van der Waals surface area contributed by atoms with Crippen LogP contribution in [0.15, 0.2) is 48.0 Å². The first-order valence-electron chi connectivity index (χ1n) is 8.77. The summed E-state index contributed by atoms with van der Waals surface area (Å²) in [6.45, 7) is 1.06. The summed E-state index contributed by atoms with van der Waals surface area (Å²) in [5.74, 6) is 1.22. The zero-order valence-electron chi connectivity index (χ0n) is 14.1. The van der Waals surface area contributed by atoms with Crippen LogP contribution >= 0.6 is 11.3 Å². The van der Waals surface area contributed by atoms with E-state index >= 15 is 0 Å². The molecule has 0 spiro atoms. The van der Waals surface area contributed by atoms with E-state index in [1.165, 1.54) is 23.5 Å². The largest absolute Gasteiger partial charge is 0.334 e. The number of nitrogens with zero attached hydrogens (tertiary/aromatic N) is 2. The van der Waals surface area contributed by atoms with E-state index in [0.29, 0.717) is 6.42 Å². The molecule has 0 atom stereocenters. The molecule has 1 N–H and O–H groups in total. The first-order chi connectivity index (χ1) is 12.3. The number of anilines is 1. The highest BCUT2D eigenvalue weighted by atomic mass is 32.1. The summed E-state index contributed by atoms with van der Waals surface area (Å²) >= 11 is 1.69. The number of hydrogen-bond donors (Lipinski definition) is 1. The fourth-order valence-electron chi connectivity index (χ4n) is 3.22. The fraction of sp³-hybridized carbons (Fsp3) is 0.300. The summed E-state index contributed by atoms with van der Waals surface area (Å²) in [6, 6.07) is 12.1. The number of nitrogens with one attached hydrogen (secondary N) is 1. The zero-order valence-corrected chi connectivity index (χ0v) is 14.9. The summed E-state index contributed by atoms with van der Waals surface area (Å²) in [7, 11) is 0. The molecule has 25 heavy (non-hydrogen) atoms. The molecule has 0 saturated heterocycles. The molecule has 0 bridgehead atoms. The van der Waals surface area contributed by atoms with Gasteiger partial charge in [0.05, 0.1) is 5.69 Å². The number of carbonyl (C=O) groups is 1. The average molecular weight is 351 g/mol. The second-order valence-corrected chi connectivity index (χ2v) is 7.43. The van der Waals surface area contributed by atoms with Gasteiger partial charge in [-0.05, 0) is 42.8 Å². The van der Waals surface area contributed by atoms with Crippen molar-refractivity contribution < 1.29 is 4.79 Å². The highest BCUT2D eigenvalue weighted by Gasteiger charge is 2.13. The molecule has 1 aliphatic heterocycles. The summed E-state index contributed by atoms with van der Waals surface area (Å²) in [4.78, 5) is 18.2. The Morgan fingerprint density at radius 2 is 2.20 bits per heavy atom. The molecule has 0 fully saturated rings. The highest BCUT2D eigenvalue weighted by Crippen LogP contribution is 2.25. The van der Waals surface area contributed by atoms with Crippen molar-refractivity contribution in [3.8, 4) is 11.3 Å². The highest BCUT2D eigenvalue weighted by molar-refractivity contribution is 7.09. The number of fused-ring (bicyclic) bond motifs is 1. The molecule has 2 aromatic heterocycles. The minimum Gasteiger partial charge on any atom is -0.334 e. The molecule has 3 heterocycles. The Morgan fingerprint density at radius 1 is 1.24 bits per heavy atom. The van der Waals surface area contributed by atoms with Gasteiger partial charge >= 0.3 is 0 Å². The Bertz CT molecular complexity index is 843. The van der Waals surface area contributed by atoms with Crippen LogP contribution in [0.2, 0.25) is 0 Å². The number of imidazole rings is 1. The normalized spacial score (nSPS) is 13.4. The van der Waals surface area contributed by atoms with Crippen molar-refractivity contribution in [1.82, 2.24) is 9.55 Å². The maximum absolute atomic E-state index is 12.2. The van der Waals surface area contributed by atoms with Crippen LogP contribution in [0.1, 0.15) is 30.0 Å². The number of aryl methyl sites for hydroxylation is 3. The molecule has 3 aromatic rings. The third-order valence-corrected chi connectivity index (χ3v) is 5.47. The predicted octanol–water partition coefficient (Wildman–Crippen LogP) is 4.52. The van der Waals surface area contributed by atoms with Crippen molar-refractivity contribution >= 4 is 22.9 Å². The Morgan fingerprint density at radius 3 is 3.04 bits per heavy atom. The van der Waals surface area contributed by atoms with E-state index in [4.69, 9.17) is 4.98 Å². The van der Waals surface area contributed by atoms with Crippen LogP contribution in [-0.2, 0) is 24.2 Å². The van der Waals surface area contributed by atoms with Gasteiger partial charge in [0.1, 0.15) is 5.82 Å². The second-order valence-electron chi connectivity index (χ2n) is 6.40. The lowest BCUT2D eigenvalue weighted by atomic mass is 10.1. The average Bonchev–Trinajstić information content (AvgIpc) is 3.29. The van der Waals surface area contributed by atoms with E-state index in [-0.39, 0.29) is 5.91 Å². The third-order valence-electron chi connectivity index (χ3n) is 4.53. The third kappa shape index (κ3) is 3.82. The molecule has 0 radical (unpaired) electrons. The number of amides is 1. The van der Waals surface area contributed by atoms with Gasteiger partial charge in [0.25, 0.3) is 0 Å². The summed E-state index contributed by atoms with van der Waals surface area (Å²) in [5, 5.41) is 5.05. The smallest absolute Gasteiger partial charge is 0.224 e. The Kier molecular flexibility index (Phi) is 4.65. The van der Waals surface area contributed by atoms with E-state index in [9.17, 15) is 4.79 Å². The van der Waals surface area contributed by atoms with Crippen molar-refractivity contribution in [3.63, 3.8) is 0 Å². The number of hydrogen-bond acceptors (Lipinski definition) is 3. The van der Waals surface area contributed by atoms with Crippen LogP contribution in [-0.4, -0.2) is 15.5 Å². The molecule has 1 aromatic carbocycles. The molecule has 0 aliphatic carbocycles. The van der Waals surface area contributed by atoms with Crippen LogP contribution < -0.4 is 5.32 Å². The molecular formula is C20H21N3OS. The van der Waals surface area contributed by atoms with Crippen molar-refractivity contribution in [2.75, 3.05) is 5.32 Å². The van der Waals surface area contributed by atoms with Gasteiger partial charge in [-0.25, -0.2) is 4.98 Å². The van der Waals surface area contributed by atoms with E-state index in [1.807, 2.05) is 29.6 Å². The van der Waals surface area contributed by atoms with Crippen LogP contribution in [0.25, 0.3) is 11.3 Å². The lowest BCUT2D eigenvalue weighted by molar-refractivity contribution is -0.116. The predicted molar refractivity (Wildman–Crippen MR) is 102 cm³/mol. The first kappa shape index (κ1) is 16.1. The van der Waals surface area contributed by atoms with Crippen LogP contribution in [0.4, 0.5) is 5.69 Å². The van der Waals surface area contributed by atoms with Gasteiger partial charge in [-0.15, -0.1) is 11.3 Å². The van der Waals surface area contributed by atoms with Crippen LogP contribution in [0.3, 0.4) is 0 Å². The molecule has 0 unspecified atom stereocenters. The van der Waals surface area contributed by atoms with Gasteiger partial charge < -0.3 is 9.88 Å². The molecular weight excluding hydrogens is 330 g/mol. The lowest BCUT2D eigenvalue weighted by Gasteiger charge is -2.11. The van der Waals surface area contributed by atoms with Gasteiger partial charge in [0, 0.05) is 41.7 Å². The van der Waals surface area contributed by atoms with Crippen molar-refractivity contribution in [2.45, 2.75) is 38.6 Å². The molecule has 4 rings (SSSR count). The zero-order chi connectivity index (χ0) is 17.1. The summed E-state index contributed by atoms with van der Waals surface area (Å²) in [5.41, 5.74) is 2.88. The maximum Gasteiger partial charge on any atom is 0.224 e. The number of thiophene rings is 1. The van der Waals surface area contributed by atoms with E-state index in [0.717, 1.165) is 36.3 Å². The molecule has 5 heteroatoms. The lowest BCUT2D eigenvalue weighted by Crippen LogP contribution is -2.12. The second kappa shape index (κ2) is 7.23. The monoisotopic (exact) mass is 351 g/mol. The van der Waals surface area contributed by atoms with Crippen molar-refractivity contribution in [1.29, 1.82) is 0 Å². The summed E-state index contributed by atoms with van der Waals surface area (Å²) < 4.78 is 2.26. The van der Waals surface area contributed by atoms with E-state index in [2.05, 4.69) is 28.2 Å². The Hall–Kier alpha value is -2.40. The number of rotatable bonds is 5. The molecule has 0 saturated carbocycles. The minimum atomic E-state index is 0.0506. The van der Waals surface area contributed by atoms with E-state index in [1.54, 1.807) is 11.3 Å².